The van der Waals surface area contributed by atoms with Crippen molar-refractivity contribution < 1.29 is 24.2 Å². The van der Waals surface area contributed by atoms with E-state index in [0.29, 0.717) is 10.6 Å². The monoisotopic (exact) mass is 430 g/mol. The van der Waals surface area contributed by atoms with Crippen LogP contribution >= 0.6 is 11.8 Å². The number of aliphatic carboxylic acids is 1. The predicted molar refractivity (Wildman–Crippen MR) is 113 cm³/mol. The van der Waals surface area contributed by atoms with Gasteiger partial charge in [-0.25, -0.2) is 9.79 Å². The number of carboxylic acid groups (broad SMARTS) is 1. The smallest absolute Gasteiger partial charge is 0.408 e. The summed E-state index contributed by atoms with van der Waals surface area (Å²) in [7, 11) is 0. The number of nitrogens with one attached hydrogen (secondary N) is 1. The Morgan fingerprint density at radius 1 is 1.07 bits per heavy atom. The Labute approximate surface area is 177 Å². The molecule has 9 nitrogen and oxygen atoms in total. The second kappa shape index (κ2) is 11.5. The zero-order valence-corrected chi connectivity index (χ0v) is 16.8. The van der Waals surface area contributed by atoms with Gasteiger partial charge in [-0.2, -0.15) is 0 Å². The molecule has 0 aliphatic rings. The molecular weight excluding hydrogens is 408 g/mol. The minimum Gasteiger partial charge on any atom is -0.481 e. The molecule has 6 N–H and O–H groups in total. The summed E-state index contributed by atoms with van der Waals surface area (Å²) in [4.78, 5) is 40.1. The van der Waals surface area contributed by atoms with E-state index >= 15 is 0 Å². The number of guanidine groups is 1. The number of nitrogens with zero attached hydrogens (tertiary/aromatic N) is 1. The van der Waals surface area contributed by atoms with Gasteiger partial charge >= 0.3 is 12.1 Å². The quantitative estimate of drug-likeness (QED) is 0.268. The number of hydrogen-bond acceptors (Lipinski definition) is 6. The number of carbonyl (C=O) groups is 3. The number of carboxylic acids is 1. The van der Waals surface area contributed by atoms with Gasteiger partial charge < -0.3 is 26.6 Å². The average molecular weight is 430 g/mol. The molecule has 1 atom stereocenters. The Bertz CT molecular complexity index is 899. The van der Waals surface area contributed by atoms with E-state index in [2.05, 4.69) is 10.3 Å². The molecule has 10 heteroatoms. The van der Waals surface area contributed by atoms with Crippen molar-refractivity contribution >= 4 is 40.6 Å². The molecule has 0 heterocycles. The molecule has 0 saturated heterocycles. The Morgan fingerprint density at radius 2 is 1.73 bits per heavy atom. The topological polar surface area (TPSA) is 157 Å². The van der Waals surface area contributed by atoms with Crippen molar-refractivity contribution in [3.8, 4) is 0 Å². The molecular formula is C20H22N4O5S. The summed E-state index contributed by atoms with van der Waals surface area (Å²) in [5, 5.41) is 11.0. The molecule has 0 unspecified atom stereocenters. The lowest BCUT2D eigenvalue weighted by molar-refractivity contribution is -0.137. The molecule has 158 valence electrons. The maximum absolute atomic E-state index is 12.6. The summed E-state index contributed by atoms with van der Waals surface area (Å²) in [5.74, 6) is -1.16. The lowest BCUT2D eigenvalue weighted by Crippen LogP contribution is -2.40. The summed E-state index contributed by atoms with van der Waals surface area (Å²) >= 11 is 0.874. The lowest BCUT2D eigenvalue weighted by Gasteiger charge is -2.16. The third kappa shape index (κ3) is 8.23. The van der Waals surface area contributed by atoms with Gasteiger partial charge in [0.2, 0.25) is 5.12 Å². The number of alkyl carbamates (subject to hydrolysis) is 1. The van der Waals surface area contributed by atoms with E-state index in [1.54, 1.807) is 36.4 Å². The Balaban J connectivity index is 1.98. The molecule has 0 aromatic heterocycles. The number of carbonyl (C=O) groups excluding carboxylic acids is 2. The summed E-state index contributed by atoms with van der Waals surface area (Å²) in [6.07, 6.45) is -1.14. The van der Waals surface area contributed by atoms with E-state index < -0.39 is 23.2 Å². The lowest BCUT2D eigenvalue weighted by atomic mass is 10.2. The third-order valence-corrected chi connectivity index (χ3v) is 4.74. The summed E-state index contributed by atoms with van der Waals surface area (Å²) < 4.78 is 5.12. The van der Waals surface area contributed by atoms with Crippen LogP contribution in [0, 0.1) is 0 Å². The van der Waals surface area contributed by atoms with Gasteiger partial charge in [0.15, 0.2) is 5.96 Å². The molecule has 0 bridgehead atoms. The number of thioether (sulfide) groups is 1. The van der Waals surface area contributed by atoms with Crippen LogP contribution in [0.4, 0.5) is 10.5 Å². The Kier molecular flexibility index (Phi) is 8.70. The first kappa shape index (κ1) is 22.8. The van der Waals surface area contributed by atoms with Crippen molar-refractivity contribution in [1.29, 1.82) is 0 Å². The normalized spacial score (nSPS) is 11.2. The van der Waals surface area contributed by atoms with Gasteiger partial charge in [0.25, 0.3) is 0 Å². The van der Waals surface area contributed by atoms with Gasteiger partial charge in [0.05, 0.1) is 5.69 Å². The van der Waals surface area contributed by atoms with Gasteiger partial charge in [0, 0.05) is 11.3 Å². The van der Waals surface area contributed by atoms with Crippen LogP contribution in [0.5, 0.6) is 0 Å². The number of hydrogen-bond donors (Lipinski definition) is 4. The fourth-order valence-electron chi connectivity index (χ4n) is 2.35. The van der Waals surface area contributed by atoms with Crippen LogP contribution in [0.25, 0.3) is 0 Å². The van der Waals surface area contributed by atoms with E-state index in [0.717, 1.165) is 17.3 Å². The zero-order valence-electron chi connectivity index (χ0n) is 16.0. The Hall–Kier alpha value is -3.53. The Morgan fingerprint density at radius 3 is 2.33 bits per heavy atom. The molecule has 2 rings (SSSR count). The maximum Gasteiger partial charge on any atom is 0.408 e. The van der Waals surface area contributed by atoms with Crippen molar-refractivity contribution in [3.63, 3.8) is 0 Å². The van der Waals surface area contributed by atoms with Gasteiger partial charge in [-0.15, -0.1) is 0 Å². The van der Waals surface area contributed by atoms with E-state index in [-0.39, 0.29) is 25.4 Å². The summed E-state index contributed by atoms with van der Waals surface area (Å²) in [6, 6.07) is 14.6. The van der Waals surface area contributed by atoms with E-state index in [1.807, 2.05) is 18.2 Å². The number of aliphatic imine (C=N–C) groups is 1. The second-order valence-corrected chi connectivity index (χ2v) is 7.22. The molecule has 0 saturated carbocycles. The van der Waals surface area contributed by atoms with Gasteiger partial charge in [-0.3, -0.25) is 9.59 Å². The molecule has 0 aliphatic carbocycles. The first-order valence-electron chi connectivity index (χ1n) is 8.94. The minimum absolute atomic E-state index is 0.0336. The molecule has 0 spiro atoms. The van der Waals surface area contributed by atoms with Crippen molar-refractivity contribution in [2.24, 2.45) is 16.5 Å². The van der Waals surface area contributed by atoms with Crippen molar-refractivity contribution in [2.75, 3.05) is 0 Å². The highest BCUT2D eigenvalue weighted by atomic mass is 32.2. The standard InChI is InChI=1S/C20H22N4O5S/c21-19(22)23-14-6-8-15(9-7-14)30-18(27)16(10-11-17(25)26)24-20(28)29-12-13-4-2-1-3-5-13/h1-9,16H,10-12H2,(H,24,28)(H,25,26)(H4,21,22,23)/t16-/m0/s1. The van der Waals surface area contributed by atoms with Crippen LogP contribution < -0.4 is 16.8 Å². The first-order valence-corrected chi connectivity index (χ1v) is 9.75. The number of benzene rings is 2. The first-order chi connectivity index (χ1) is 14.3. The fourth-order valence-corrected chi connectivity index (χ4v) is 3.17. The highest BCUT2D eigenvalue weighted by Gasteiger charge is 2.23. The SMILES string of the molecule is NC(N)=Nc1ccc(SC(=O)[C@H](CCC(=O)O)NC(=O)OCc2ccccc2)cc1. The number of ether oxygens (including phenoxy) is 1. The van der Waals surface area contributed by atoms with Crippen LogP contribution in [0.15, 0.2) is 64.5 Å². The predicted octanol–water partition coefficient (Wildman–Crippen LogP) is 2.37. The van der Waals surface area contributed by atoms with Crippen LogP contribution in [0.2, 0.25) is 0 Å². The van der Waals surface area contributed by atoms with E-state index in [9.17, 15) is 14.4 Å². The maximum atomic E-state index is 12.6. The second-order valence-electron chi connectivity index (χ2n) is 6.14. The van der Waals surface area contributed by atoms with Crippen molar-refractivity contribution in [1.82, 2.24) is 5.32 Å². The molecule has 0 radical (unpaired) electrons. The van der Waals surface area contributed by atoms with Gasteiger partial charge in [-0.1, -0.05) is 30.3 Å². The summed E-state index contributed by atoms with van der Waals surface area (Å²) in [5.41, 5.74) is 11.9. The molecule has 1 amide bonds. The van der Waals surface area contributed by atoms with Crippen LogP contribution in [-0.2, 0) is 20.9 Å². The highest BCUT2D eigenvalue weighted by molar-refractivity contribution is 8.13. The van der Waals surface area contributed by atoms with Crippen molar-refractivity contribution in [2.45, 2.75) is 30.4 Å². The fraction of sp³-hybridized carbons (Fsp3) is 0.200. The zero-order chi connectivity index (χ0) is 21.9. The van der Waals surface area contributed by atoms with Crippen LogP contribution in [0.1, 0.15) is 18.4 Å². The number of rotatable bonds is 9. The largest absolute Gasteiger partial charge is 0.481 e. The number of amides is 1. The van der Waals surface area contributed by atoms with Crippen LogP contribution in [-0.4, -0.2) is 34.3 Å². The van der Waals surface area contributed by atoms with E-state index in [4.69, 9.17) is 21.3 Å². The molecule has 2 aromatic carbocycles. The van der Waals surface area contributed by atoms with Gasteiger partial charge in [0.1, 0.15) is 12.6 Å². The summed E-state index contributed by atoms with van der Waals surface area (Å²) in [6.45, 7) is 0.0336. The van der Waals surface area contributed by atoms with Crippen molar-refractivity contribution in [3.05, 3.63) is 60.2 Å². The highest BCUT2D eigenvalue weighted by Crippen LogP contribution is 2.24. The van der Waals surface area contributed by atoms with Crippen LogP contribution in [0.3, 0.4) is 0 Å². The molecule has 0 fully saturated rings. The van der Waals surface area contributed by atoms with Gasteiger partial charge in [-0.05, 0) is 48.0 Å². The third-order valence-electron chi connectivity index (χ3n) is 3.75. The molecule has 0 aliphatic heterocycles. The minimum atomic E-state index is -1.07. The van der Waals surface area contributed by atoms with E-state index in [1.165, 1.54) is 0 Å². The number of nitrogens with two attached hydrogens (primary N) is 2. The molecule has 30 heavy (non-hydrogen) atoms. The molecule has 2 aromatic rings. The average Bonchev–Trinajstić information content (AvgIpc) is 2.71.